The SMILES string of the molecule is Cc1nnc(NC(=O)/C=C/c2ccc(Cl)cc2)s1. The topological polar surface area (TPSA) is 54.9 Å². The molecule has 0 bridgehead atoms. The fraction of sp³-hybridized carbons (Fsp3) is 0.0833. The van der Waals surface area contributed by atoms with Crippen LogP contribution < -0.4 is 5.32 Å². The van der Waals surface area contributed by atoms with E-state index in [1.807, 2.05) is 19.1 Å². The summed E-state index contributed by atoms with van der Waals surface area (Å²) in [4.78, 5) is 11.6. The number of anilines is 1. The lowest BCUT2D eigenvalue weighted by Gasteiger charge is -1.95. The molecule has 0 fully saturated rings. The highest BCUT2D eigenvalue weighted by Crippen LogP contribution is 2.14. The molecule has 0 aliphatic carbocycles. The Hall–Kier alpha value is -1.72. The maximum atomic E-state index is 11.6. The first-order chi connectivity index (χ1) is 8.63. The van der Waals surface area contributed by atoms with Crippen LogP contribution in [-0.4, -0.2) is 16.1 Å². The molecule has 1 aromatic carbocycles. The number of nitrogens with one attached hydrogen (secondary N) is 1. The first-order valence-electron chi connectivity index (χ1n) is 5.18. The van der Waals surface area contributed by atoms with Crippen LogP contribution in [-0.2, 0) is 4.79 Å². The second kappa shape index (κ2) is 5.75. The number of hydrogen-bond donors (Lipinski definition) is 1. The van der Waals surface area contributed by atoms with E-state index in [4.69, 9.17) is 11.6 Å². The summed E-state index contributed by atoms with van der Waals surface area (Å²) in [6.45, 7) is 1.83. The second-order valence-corrected chi connectivity index (χ2v) is 5.12. The third kappa shape index (κ3) is 3.65. The zero-order valence-corrected chi connectivity index (χ0v) is 11.1. The van der Waals surface area contributed by atoms with Crippen LogP contribution >= 0.6 is 22.9 Å². The predicted octanol–water partition coefficient (Wildman–Crippen LogP) is 3.15. The van der Waals surface area contributed by atoms with Crippen LogP contribution in [0.4, 0.5) is 5.13 Å². The quantitative estimate of drug-likeness (QED) is 0.878. The van der Waals surface area contributed by atoms with E-state index >= 15 is 0 Å². The summed E-state index contributed by atoms with van der Waals surface area (Å²) < 4.78 is 0. The van der Waals surface area contributed by atoms with E-state index < -0.39 is 0 Å². The summed E-state index contributed by atoms with van der Waals surface area (Å²) in [6.07, 6.45) is 3.15. The predicted molar refractivity (Wildman–Crippen MR) is 73.8 cm³/mol. The zero-order chi connectivity index (χ0) is 13.0. The van der Waals surface area contributed by atoms with Gasteiger partial charge in [-0.2, -0.15) is 0 Å². The smallest absolute Gasteiger partial charge is 0.250 e. The highest BCUT2D eigenvalue weighted by atomic mass is 35.5. The maximum absolute atomic E-state index is 11.6. The Bertz CT molecular complexity index is 577. The van der Waals surface area contributed by atoms with E-state index in [9.17, 15) is 4.79 Å². The highest BCUT2D eigenvalue weighted by molar-refractivity contribution is 7.15. The molecule has 0 spiro atoms. The van der Waals surface area contributed by atoms with Crippen LogP contribution in [0.2, 0.25) is 5.02 Å². The van der Waals surface area contributed by atoms with E-state index in [0.29, 0.717) is 10.2 Å². The van der Waals surface area contributed by atoms with Gasteiger partial charge in [0.15, 0.2) is 0 Å². The fourth-order valence-electron chi connectivity index (χ4n) is 1.24. The lowest BCUT2D eigenvalue weighted by molar-refractivity contribution is -0.111. The molecule has 0 saturated carbocycles. The van der Waals surface area contributed by atoms with Gasteiger partial charge in [0.05, 0.1) is 0 Å². The Labute approximate surface area is 113 Å². The molecule has 1 N–H and O–H groups in total. The first kappa shape index (κ1) is 12.7. The summed E-state index contributed by atoms with van der Waals surface area (Å²) in [7, 11) is 0. The number of aromatic nitrogens is 2. The van der Waals surface area contributed by atoms with Crippen molar-refractivity contribution in [3.8, 4) is 0 Å². The van der Waals surface area contributed by atoms with Gasteiger partial charge in [-0.15, -0.1) is 10.2 Å². The maximum Gasteiger partial charge on any atom is 0.250 e. The minimum Gasteiger partial charge on any atom is -0.297 e. The number of halogens is 1. The molecule has 0 saturated heterocycles. The van der Waals surface area contributed by atoms with Crippen LogP contribution in [0.3, 0.4) is 0 Å². The average molecular weight is 280 g/mol. The standard InChI is InChI=1S/C12H10ClN3OS/c1-8-15-16-12(18-8)14-11(17)7-4-9-2-5-10(13)6-3-9/h2-7H,1H3,(H,14,16,17)/b7-4+. The normalized spacial score (nSPS) is 10.8. The number of benzene rings is 1. The molecule has 0 aliphatic heterocycles. The fourth-order valence-corrected chi connectivity index (χ4v) is 1.96. The number of nitrogens with zero attached hydrogens (tertiary/aromatic N) is 2. The van der Waals surface area contributed by atoms with Crippen molar-refractivity contribution < 1.29 is 4.79 Å². The van der Waals surface area contributed by atoms with Gasteiger partial charge >= 0.3 is 0 Å². The van der Waals surface area contributed by atoms with Gasteiger partial charge in [-0.25, -0.2) is 0 Å². The summed E-state index contributed by atoms with van der Waals surface area (Å²) in [5.74, 6) is -0.235. The monoisotopic (exact) mass is 279 g/mol. The Morgan fingerprint density at radius 3 is 2.67 bits per heavy atom. The van der Waals surface area contributed by atoms with E-state index in [2.05, 4.69) is 15.5 Å². The number of hydrogen-bond acceptors (Lipinski definition) is 4. The van der Waals surface area contributed by atoms with Crippen molar-refractivity contribution in [1.82, 2.24) is 10.2 Å². The molecule has 18 heavy (non-hydrogen) atoms. The molecule has 0 atom stereocenters. The molecular formula is C12H10ClN3OS. The van der Waals surface area contributed by atoms with Gasteiger partial charge in [-0.3, -0.25) is 10.1 Å². The van der Waals surface area contributed by atoms with Gasteiger partial charge in [-0.1, -0.05) is 35.1 Å². The van der Waals surface area contributed by atoms with Gasteiger partial charge in [0.1, 0.15) is 5.01 Å². The lowest BCUT2D eigenvalue weighted by atomic mass is 10.2. The van der Waals surface area contributed by atoms with Crippen LogP contribution in [0.5, 0.6) is 0 Å². The molecule has 0 aliphatic rings. The third-order valence-corrected chi connectivity index (χ3v) is 3.06. The Balaban J connectivity index is 1.96. The molecule has 0 unspecified atom stereocenters. The van der Waals surface area contributed by atoms with Crippen LogP contribution in [0.15, 0.2) is 30.3 Å². The Morgan fingerprint density at radius 2 is 2.06 bits per heavy atom. The summed E-state index contributed by atoms with van der Waals surface area (Å²) >= 11 is 7.10. The van der Waals surface area contributed by atoms with E-state index in [1.165, 1.54) is 17.4 Å². The first-order valence-corrected chi connectivity index (χ1v) is 6.38. The molecule has 4 nitrogen and oxygen atoms in total. The van der Waals surface area contributed by atoms with Crippen molar-refractivity contribution >= 4 is 40.1 Å². The second-order valence-electron chi connectivity index (χ2n) is 3.50. The van der Waals surface area contributed by atoms with Crippen molar-refractivity contribution in [2.75, 3.05) is 5.32 Å². The molecule has 92 valence electrons. The number of aryl methyl sites for hydroxylation is 1. The largest absolute Gasteiger partial charge is 0.297 e. The lowest BCUT2D eigenvalue weighted by Crippen LogP contribution is -2.07. The van der Waals surface area contributed by atoms with Gasteiger partial charge in [0.2, 0.25) is 11.0 Å². The molecule has 1 aromatic heterocycles. The number of rotatable bonds is 3. The molecule has 0 radical (unpaired) electrons. The van der Waals surface area contributed by atoms with Crippen LogP contribution in [0.25, 0.3) is 6.08 Å². The number of amides is 1. The van der Waals surface area contributed by atoms with E-state index in [0.717, 1.165) is 10.6 Å². The van der Waals surface area contributed by atoms with Gasteiger partial charge < -0.3 is 0 Å². The van der Waals surface area contributed by atoms with Gasteiger partial charge in [-0.05, 0) is 30.7 Å². The van der Waals surface area contributed by atoms with Crippen molar-refractivity contribution in [1.29, 1.82) is 0 Å². The highest BCUT2D eigenvalue weighted by Gasteiger charge is 2.02. The molecule has 2 rings (SSSR count). The van der Waals surface area contributed by atoms with Gasteiger partial charge in [0, 0.05) is 11.1 Å². The minimum absolute atomic E-state index is 0.235. The summed E-state index contributed by atoms with van der Waals surface area (Å²) in [6, 6.07) is 7.21. The molecule has 1 amide bonds. The van der Waals surface area contributed by atoms with E-state index in [-0.39, 0.29) is 5.91 Å². The molecular weight excluding hydrogens is 270 g/mol. The van der Waals surface area contributed by atoms with Crippen molar-refractivity contribution in [2.24, 2.45) is 0 Å². The van der Waals surface area contributed by atoms with Crippen molar-refractivity contribution in [3.05, 3.63) is 45.9 Å². The van der Waals surface area contributed by atoms with Gasteiger partial charge in [0.25, 0.3) is 0 Å². The Morgan fingerprint density at radius 1 is 1.33 bits per heavy atom. The molecule has 2 aromatic rings. The average Bonchev–Trinajstić information content (AvgIpc) is 2.74. The van der Waals surface area contributed by atoms with Crippen molar-refractivity contribution in [2.45, 2.75) is 6.92 Å². The third-order valence-electron chi connectivity index (χ3n) is 2.05. The summed E-state index contributed by atoms with van der Waals surface area (Å²) in [5, 5.41) is 12.2. The Kier molecular flexibility index (Phi) is 4.07. The number of carbonyl (C=O) groups excluding carboxylic acids is 1. The van der Waals surface area contributed by atoms with Crippen LogP contribution in [0, 0.1) is 6.92 Å². The summed E-state index contributed by atoms with van der Waals surface area (Å²) in [5.41, 5.74) is 0.906. The zero-order valence-electron chi connectivity index (χ0n) is 9.55. The van der Waals surface area contributed by atoms with E-state index in [1.54, 1.807) is 18.2 Å². The van der Waals surface area contributed by atoms with Crippen LogP contribution in [0.1, 0.15) is 10.6 Å². The minimum atomic E-state index is -0.235. The molecule has 1 heterocycles. The van der Waals surface area contributed by atoms with Crippen molar-refractivity contribution in [3.63, 3.8) is 0 Å². The number of carbonyl (C=O) groups is 1. The molecule has 6 heteroatoms.